The van der Waals surface area contributed by atoms with E-state index >= 15 is 0 Å². The standard InChI is InChI=1S/C16H17NO2/c1-2-9-17-16(15-8-5-10-18-15)13-11-19-14-7-4-3-6-12(13)14/h3-8,10-11,16-17H,2,9H2,1H3. The Morgan fingerprint density at radius 1 is 1.11 bits per heavy atom. The Bertz CT molecular complexity index is 640. The molecular weight excluding hydrogens is 238 g/mol. The number of hydrogen-bond acceptors (Lipinski definition) is 3. The van der Waals surface area contributed by atoms with Crippen LogP contribution >= 0.6 is 0 Å². The maximum absolute atomic E-state index is 5.63. The Morgan fingerprint density at radius 2 is 2.00 bits per heavy atom. The molecule has 19 heavy (non-hydrogen) atoms. The normalized spacial score (nSPS) is 12.9. The molecule has 0 amide bonds. The molecule has 1 aromatic carbocycles. The first kappa shape index (κ1) is 12.1. The Labute approximate surface area is 112 Å². The van der Waals surface area contributed by atoms with Gasteiger partial charge in [-0.1, -0.05) is 25.1 Å². The SMILES string of the molecule is CCCNC(c1ccco1)c1coc2ccccc12. The molecule has 0 radical (unpaired) electrons. The second kappa shape index (κ2) is 5.33. The van der Waals surface area contributed by atoms with Crippen LogP contribution in [0.1, 0.15) is 30.7 Å². The molecule has 1 N–H and O–H groups in total. The van der Waals surface area contributed by atoms with E-state index in [2.05, 4.69) is 18.3 Å². The van der Waals surface area contributed by atoms with Gasteiger partial charge in [0.25, 0.3) is 0 Å². The predicted octanol–water partition coefficient (Wildman–Crippen LogP) is 4.11. The van der Waals surface area contributed by atoms with Crippen molar-refractivity contribution in [3.63, 3.8) is 0 Å². The number of para-hydroxylation sites is 1. The molecule has 2 heterocycles. The summed E-state index contributed by atoms with van der Waals surface area (Å²) in [6.07, 6.45) is 4.60. The zero-order chi connectivity index (χ0) is 13.1. The summed E-state index contributed by atoms with van der Waals surface area (Å²) < 4.78 is 11.2. The number of rotatable bonds is 5. The lowest BCUT2D eigenvalue weighted by Gasteiger charge is -2.15. The molecule has 1 atom stereocenters. The van der Waals surface area contributed by atoms with Gasteiger partial charge in [-0.15, -0.1) is 0 Å². The van der Waals surface area contributed by atoms with Crippen LogP contribution in [0.5, 0.6) is 0 Å². The molecule has 98 valence electrons. The quantitative estimate of drug-likeness (QED) is 0.745. The molecule has 3 aromatic rings. The molecule has 0 saturated heterocycles. The maximum atomic E-state index is 5.63. The van der Waals surface area contributed by atoms with Gasteiger partial charge >= 0.3 is 0 Å². The van der Waals surface area contributed by atoms with Crippen LogP contribution in [0.15, 0.2) is 57.8 Å². The average molecular weight is 255 g/mol. The summed E-state index contributed by atoms with van der Waals surface area (Å²) in [5.41, 5.74) is 2.03. The molecule has 0 aliphatic heterocycles. The van der Waals surface area contributed by atoms with Crippen molar-refractivity contribution >= 4 is 11.0 Å². The Kier molecular flexibility index (Phi) is 3.38. The first-order valence-electron chi connectivity index (χ1n) is 6.63. The third kappa shape index (κ3) is 2.29. The van der Waals surface area contributed by atoms with Crippen LogP contribution in [0.3, 0.4) is 0 Å². The summed E-state index contributed by atoms with van der Waals surface area (Å²) in [4.78, 5) is 0. The van der Waals surface area contributed by atoms with Gasteiger partial charge in [0.1, 0.15) is 11.3 Å². The first-order chi connectivity index (χ1) is 9.40. The van der Waals surface area contributed by atoms with Crippen LogP contribution in [-0.2, 0) is 0 Å². The predicted molar refractivity (Wildman–Crippen MR) is 75.1 cm³/mol. The Morgan fingerprint density at radius 3 is 2.79 bits per heavy atom. The van der Waals surface area contributed by atoms with Crippen molar-refractivity contribution in [3.05, 3.63) is 60.2 Å². The van der Waals surface area contributed by atoms with Gasteiger partial charge in [0, 0.05) is 10.9 Å². The zero-order valence-corrected chi connectivity index (χ0v) is 10.9. The van der Waals surface area contributed by atoms with E-state index in [0.29, 0.717) is 0 Å². The highest BCUT2D eigenvalue weighted by molar-refractivity contribution is 5.81. The van der Waals surface area contributed by atoms with E-state index in [0.717, 1.165) is 35.3 Å². The van der Waals surface area contributed by atoms with Crippen molar-refractivity contribution in [2.45, 2.75) is 19.4 Å². The molecule has 3 nitrogen and oxygen atoms in total. The van der Waals surface area contributed by atoms with Crippen molar-refractivity contribution in [1.82, 2.24) is 5.32 Å². The van der Waals surface area contributed by atoms with Crippen molar-refractivity contribution in [2.75, 3.05) is 6.54 Å². The fraction of sp³-hybridized carbons (Fsp3) is 0.250. The van der Waals surface area contributed by atoms with Crippen molar-refractivity contribution in [1.29, 1.82) is 0 Å². The lowest BCUT2D eigenvalue weighted by atomic mass is 10.0. The average Bonchev–Trinajstić information content (AvgIpc) is 3.09. The van der Waals surface area contributed by atoms with E-state index in [1.165, 1.54) is 0 Å². The fourth-order valence-electron chi connectivity index (χ4n) is 2.33. The molecule has 0 aliphatic carbocycles. The summed E-state index contributed by atoms with van der Waals surface area (Å²) in [5.74, 6) is 0.917. The lowest BCUT2D eigenvalue weighted by molar-refractivity contribution is 0.445. The third-order valence-corrected chi connectivity index (χ3v) is 3.25. The minimum absolute atomic E-state index is 0.0404. The molecule has 0 fully saturated rings. The van der Waals surface area contributed by atoms with E-state index in [1.54, 1.807) is 6.26 Å². The molecular formula is C16H17NO2. The second-order valence-corrected chi connectivity index (χ2v) is 4.59. The summed E-state index contributed by atoms with van der Waals surface area (Å²) in [5, 5.41) is 4.64. The van der Waals surface area contributed by atoms with Crippen LogP contribution in [0, 0.1) is 0 Å². The van der Waals surface area contributed by atoms with Gasteiger partial charge in [0.2, 0.25) is 0 Å². The van der Waals surface area contributed by atoms with E-state index < -0.39 is 0 Å². The van der Waals surface area contributed by atoms with E-state index in [-0.39, 0.29) is 6.04 Å². The first-order valence-corrected chi connectivity index (χ1v) is 6.63. The largest absolute Gasteiger partial charge is 0.467 e. The highest BCUT2D eigenvalue weighted by Crippen LogP contribution is 2.30. The van der Waals surface area contributed by atoms with Gasteiger partial charge in [-0.25, -0.2) is 0 Å². The summed E-state index contributed by atoms with van der Waals surface area (Å²) in [6.45, 7) is 3.09. The smallest absolute Gasteiger partial charge is 0.134 e. The zero-order valence-electron chi connectivity index (χ0n) is 10.9. The minimum Gasteiger partial charge on any atom is -0.467 e. The summed E-state index contributed by atoms with van der Waals surface area (Å²) in [6, 6.07) is 12.0. The van der Waals surface area contributed by atoms with Crippen LogP contribution in [0.25, 0.3) is 11.0 Å². The number of fused-ring (bicyclic) bond motifs is 1. The fourth-order valence-corrected chi connectivity index (χ4v) is 2.33. The number of hydrogen-bond donors (Lipinski definition) is 1. The Balaban J connectivity index is 2.03. The minimum atomic E-state index is 0.0404. The van der Waals surface area contributed by atoms with E-state index in [1.807, 2.05) is 36.6 Å². The van der Waals surface area contributed by atoms with Gasteiger partial charge in [0.15, 0.2) is 0 Å². The Hall–Kier alpha value is -2.00. The highest BCUT2D eigenvalue weighted by Gasteiger charge is 2.20. The molecule has 0 saturated carbocycles. The summed E-state index contributed by atoms with van der Waals surface area (Å²) in [7, 11) is 0. The number of benzene rings is 1. The molecule has 2 aromatic heterocycles. The molecule has 0 spiro atoms. The van der Waals surface area contributed by atoms with Gasteiger partial charge in [-0.3, -0.25) is 0 Å². The van der Waals surface area contributed by atoms with Crippen molar-refractivity contribution in [3.8, 4) is 0 Å². The van der Waals surface area contributed by atoms with Gasteiger partial charge in [-0.2, -0.15) is 0 Å². The van der Waals surface area contributed by atoms with Gasteiger partial charge in [0.05, 0.1) is 18.6 Å². The van der Waals surface area contributed by atoms with Crippen LogP contribution in [-0.4, -0.2) is 6.54 Å². The number of furan rings is 2. The topological polar surface area (TPSA) is 38.3 Å². The van der Waals surface area contributed by atoms with Crippen molar-refractivity contribution in [2.24, 2.45) is 0 Å². The summed E-state index contributed by atoms with van der Waals surface area (Å²) >= 11 is 0. The van der Waals surface area contributed by atoms with E-state index in [9.17, 15) is 0 Å². The number of nitrogens with one attached hydrogen (secondary N) is 1. The van der Waals surface area contributed by atoms with E-state index in [4.69, 9.17) is 8.83 Å². The molecule has 0 aliphatic rings. The van der Waals surface area contributed by atoms with Crippen LogP contribution < -0.4 is 5.32 Å². The molecule has 1 unspecified atom stereocenters. The van der Waals surface area contributed by atoms with Crippen molar-refractivity contribution < 1.29 is 8.83 Å². The van der Waals surface area contributed by atoms with Gasteiger partial charge < -0.3 is 14.2 Å². The van der Waals surface area contributed by atoms with Crippen LogP contribution in [0.4, 0.5) is 0 Å². The third-order valence-electron chi connectivity index (χ3n) is 3.25. The second-order valence-electron chi connectivity index (χ2n) is 4.59. The lowest BCUT2D eigenvalue weighted by Crippen LogP contribution is -2.22. The maximum Gasteiger partial charge on any atom is 0.134 e. The van der Waals surface area contributed by atoms with Crippen LogP contribution in [0.2, 0.25) is 0 Å². The highest BCUT2D eigenvalue weighted by atomic mass is 16.3. The molecule has 3 heteroatoms. The molecule has 0 bridgehead atoms. The van der Waals surface area contributed by atoms with Gasteiger partial charge in [-0.05, 0) is 31.2 Å². The molecule has 3 rings (SSSR count). The monoisotopic (exact) mass is 255 g/mol.